The zero-order valence-electron chi connectivity index (χ0n) is 22.8. The number of urea groups is 1. The molecule has 1 aliphatic heterocycles. The van der Waals surface area contributed by atoms with Crippen molar-refractivity contribution in [3.05, 3.63) is 35.9 Å². The van der Waals surface area contributed by atoms with Crippen molar-refractivity contribution < 1.29 is 19.5 Å². The molecule has 1 spiro atoms. The van der Waals surface area contributed by atoms with Gasteiger partial charge in [-0.3, -0.25) is 14.5 Å². The molecule has 2 aliphatic carbocycles. The summed E-state index contributed by atoms with van der Waals surface area (Å²) in [7, 11) is 4.25. The van der Waals surface area contributed by atoms with E-state index in [0.717, 1.165) is 32.1 Å². The van der Waals surface area contributed by atoms with Crippen LogP contribution in [0.4, 0.5) is 4.79 Å². The number of hydrogen-bond donors (Lipinski definition) is 3. The standard InChI is InChI=1S/C28H43N5O4/c1-25(2,23(35)30-17-22(29)34)18-32-19-26(33(24(32)36)20-27(37)11-8-12-27)13-15-28(16-14-26,31(3)4)21-9-6-5-7-10-21/h5-7,9-10,37H,8,11-20H2,1-4H3,(H2,29,34)(H,30,35). The highest BCUT2D eigenvalue weighted by Gasteiger charge is 2.57. The minimum Gasteiger partial charge on any atom is -0.388 e. The van der Waals surface area contributed by atoms with Crippen LogP contribution in [0.3, 0.4) is 0 Å². The molecule has 4 N–H and O–H groups in total. The SMILES string of the molecule is CN(C)C1(c2ccccc2)CCC2(CC1)CN(CC(C)(C)C(=O)NCC(N)=O)C(=O)N2CC1(O)CCC1. The fraction of sp³-hybridized carbons (Fsp3) is 0.679. The Morgan fingerprint density at radius 2 is 1.70 bits per heavy atom. The number of rotatable bonds is 9. The van der Waals surface area contributed by atoms with Crippen LogP contribution in [0.1, 0.15) is 64.4 Å². The smallest absolute Gasteiger partial charge is 0.320 e. The van der Waals surface area contributed by atoms with Crippen molar-refractivity contribution in [2.45, 2.75) is 75.5 Å². The Labute approximate surface area is 220 Å². The van der Waals surface area contributed by atoms with Crippen LogP contribution in [-0.4, -0.2) is 89.1 Å². The molecule has 1 saturated heterocycles. The average Bonchev–Trinajstić information content (AvgIpc) is 3.07. The monoisotopic (exact) mass is 513 g/mol. The van der Waals surface area contributed by atoms with Gasteiger partial charge < -0.3 is 26.0 Å². The predicted molar refractivity (Wildman–Crippen MR) is 141 cm³/mol. The van der Waals surface area contributed by atoms with Crippen molar-refractivity contribution in [2.75, 3.05) is 40.3 Å². The largest absolute Gasteiger partial charge is 0.388 e. The molecule has 0 radical (unpaired) electrons. The van der Waals surface area contributed by atoms with Gasteiger partial charge in [0.15, 0.2) is 0 Å². The summed E-state index contributed by atoms with van der Waals surface area (Å²) in [5.74, 6) is -0.922. The van der Waals surface area contributed by atoms with Crippen molar-refractivity contribution in [2.24, 2.45) is 11.1 Å². The Hall–Kier alpha value is -2.65. The summed E-state index contributed by atoms with van der Waals surface area (Å²) in [6, 6.07) is 10.4. The summed E-state index contributed by atoms with van der Waals surface area (Å²) in [5, 5.41) is 13.7. The molecule has 204 valence electrons. The van der Waals surface area contributed by atoms with Crippen LogP contribution in [0, 0.1) is 5.41 Å². The molecule has 0 atom stereocenters. The van der Waals surface area contributed by atoms with Gasteiger partial charge in [-0.2, -0.15) is 0 Å². The first-order valence-electron chi connectivity index (χ1n) is 13.4. The van der Waals surface area contributed by atoms with E-state index in [2.05, 4.69) is 48.6 Å². The van der Waals surface area contributed by atoms with E-state index in [4.69, 9.17) is 5.73 Å². The van der Waals surface area contributed by atoms with E-state index in [0.29, 0.717) is 25.9 Å². The fourth-order valence-corrected chi connectivity index (χ4v) is 6.53. The minimum absolute atomic E-state index is 0.115. The maximum absolute atomic E-state index is 13.9. The number of primary amides is 1. The Balaban J connectivity index is 1.57. The summed E-state index contributed by atoms with van der Waals surface area (Å²) >= 11 is 0. The van der Waals surface area contributed by atoms with Crippen LogP contribution in [0.25, 0.3) is 0 Å². The summed E-state index contributed by atoms with van der Waals surface area (Å²) < 4.78 is 0. The number of carbonyl (C=O) groups is 3. The van der Waals surface area contributed by atoms with E-state index in [1.807, 2.05) is 11.0 Å². The lowest BCUT2D eigenvalue weighted by Gasteiger charge is -2.52. The lowest BCUT2D eigenvalue weighted by atomic mass is 9.67. The van der Waals surface area contributed by atoms with Gasteiger partial charge >= 0.3 is 6.03 Å². The van der Waals surface area contributed by atoms with Gasteiger partial charge in [0.1, 0.15) is 0 Å². The zero-order valence-corrected chi connectivity index (χ0v) is 22.8. The summed E-state index contributed by atoms with van der Waals surface area (Å²) in [6.07, 6.45) is 5.80. The van der Waals surface area contributed by atoms with Crippen molar-refractivity contribution in [1.82, 2.24) is 20.0 Å². The number of benzene rings is 1. The summed E-state index contributed by atoms with van der Waals surface area (Å²) in [4.78, 5) is 43.8. The second kappa shape index (κ2) is 9.91. The van der Waals surface area contributed by atoms with Gasteiger partial charge in [0, 0.05) is 18.6 Å². The topological polar surface area (TPSA) is 119 Å². The van der Waals surface area contributed by atoms with E-state index in [1.54, 1.807) is 18.7 Å². The second-order valence-corrected chi connectivity index (χ2v) is 12.4. The molecule has 1 aromatic carbocycles. The molecule has 0 aromatic heterocycles. The molecular weight excluding hydrogens is 470 g/mol. The Morgan fingerprint density at radius 1 is 1.08 bits per heavy atom. The molecule has 9 heteroatoms. The molecule has 3 aliphatic rings. The van der Waals surface area contributed by atoms with E-state index in [9.17, 15) is 19.5 Å². The highest BCUT2D eigenvalue weighted by Crippen LogP contribution is 2.50. The summed E-state index contributed by atoms with van der Waals surface area (Å²) in [6.45, 7) is 4.40. The number of carbonyl (C=O) groups excluding carboxylic acids is 3. The van der Waals surface area contributed by atoms with E-state index < -0.39 is 22.5 Å². The summed E-state index contributed by atoms with van der Waals surface area (Å²) in [5.41, 5.74) is 4.24. The van der Waals surface area contributed by atoms with Crippen molar-refractivity contribution in [3.63, 3.8) is 0 Å². The molecule has 0 bridgehead atoms. The maximum atomic E-state index is 13.9. The Kier molecular flexibility index (Phi) is 7.33. The molecule has 4 rings (SSSR count). The van der Waals surface area contributed by atoms with Gasteiger partial charge in [-0.25, -0.2) is 4.79 Å². The van der Waals surface area contributed by atoms with Crippen molar-refractivity contribution in [3.8, 4) is 0 Å². The lowest BCUT2D eigenvalue weighted by molar-refractivity contribution is -0.131. The highest BCUT2D eigenvalue weighted by molar-refractivity contribution is 5.87. The number of hydrogen-bond acceptors (Lipinski definition) is 5. The molecule has 0 unspecified atom stereocenters. The quantitative estimate of drug-likeness (QED) is 0.467. The number of nitrogens with one attached hydrogen (secondary N) is 1. The number of aliphatic hydroxyl groups is 1. The average molecular weight is 514 g/mol. The first kappa shape index (κ1) is 27.4. The first-order valence-corrected chi connectivity index (χ1v) is 13.4. The second-order valence-electron chi connectivity index (χ2n) is 12.4. The van der Waals surface area contributed by atoms with Crippen LogP contribution < -0.4 is 11.1 Å². The highest BCUT2D eigenvalue weighted by atomic mass is 16.3. The molecular formula is C28H43N5O4. The van der Waals surface area contributed by atoms with E-state index >= 15 is 0 Å². The van der Waals surface area contributed by atoms with Crippen LogP contribution >= 0.6 is 0 Å². The fourth-order valence-electron chi connectivity index (χ4n) is 6.53. The third kappa shape index (κ3) is 5.21. The molecule has 2 saturated carbocycles. The lowest BCUT2D eigenvalue weighted by Crippen LogP contribution is -2.59. The Morgan fingerprint density at radius 3 is 2.22 bits per heavy atom. The van der Waals surface area contributed by atoms with E-state index in [-0.39, 0.29) is 30.6 Å². The number of amides is 4. The predicted octanol–water partition coefficient (Wildman–Crippen LogP) is 2.04. The van der Waals surface area contributed by atoms with Gasteiger partial charge in [0.25, 0.3) is 0 Å². The molecule has 9 nitrogen and oxygen atoms in total. The molecule has 1 heterocycles. The third-order valence-corrected chi connectivity index (χ3v) is 9.09. The van der Waals surface area contributed by atoms with Crippen molar-refractivity contribution in [1.29, 1.82) is 0 Å². The first-order chi connectivity index (χ1) is 17.3. The molecule has 3 fully saturated rings. The van der Waals surface area contributed by atoms with Crippen molar-refractivity contribution >= 4 is 17.8 Å². The number of nitrogens with two attached hydrogens (primary N) is 1. The van der Waals surface area contributed by atoms with Gasteiger partial charge in [-0.15, -0.1) is 0 Å². The molecule has 1 aromatic rings. The zero-order chi connectivity index (χ0) is 27.1. The van der Waals surface area contributed by atoms with Gasteiger partial charge in [0.05, 0.1) is 29.6 Å². The number of β-amino-alcohol motifs (C(OH)–C–C–N with tert-alkyl or cyclic N) is 1. The van der Waals surface area contributed by atoms with Gasteiger partial charge in [-0.1, -0.05) is 30.3 Å². The normalized spacial score (nSPS) is 27.5. The van der Waals surface area contributed by atoms with Crippen LogP contribution in [-0.2, 0) is 15.1 Å². The number of nitrogens with zero attached hydrogens (tertiary/aromatic N) is 3. The van der Waals surface area contributed by atoms with E-state index in [1.165, 1.54) is 5.56 Å². The molecule has 37 heavy (non-hydrogen) atoms. The van der Waals surface area contributed by atoms with Crippen LogP contribution in [0.5, 0.6) is 0 Å². The minimum atomic E-state index is -0.901. The maximum Gasteiger partial charge on any atom is 0.320 e. The molecule has 4 amide bonds. The van der Waals surface area contributed by atoms with Gasteiger partial charge in [0.2, 0.25) is 11.8 Å². The van der Waals surface area contributed by atoms with Crippen LogP contribution in [0.15, 0.2) is 30.3 Å². The van der Waals surface area contributed by atoms with Gasteiger partial charge in [-0.05, 0) is 78.5 Å². The van der Waals surface area contributed by atoms with Crippen LogP contribution in [0.2, 0.25) is 0 Å². The third-order valence-electron chi connectivity index (χ3n) is 9.09. The Bertz CT molecular complexity index is 1010.